The largest absolute Gasteiger partial charge is 0.356 e. The maximum atomic E-state index is 11.1. The van der Waals surface area contributed by atoms with E-state index in [1.165, 1.54) is 6.26 Å². The molecule has 1 rings (SSSR count). The topological polar surface area (TPSA) is 88.4 Å². The van der Waals surface area contributed by atoms with Gasteiger partial charge in [0, 0.05) is 39.1 Å². The average Bonchev–Trinajstić information content (AvgIpc) is 2.80. The average molecular weight is 315 g/mol. The van der Waals surface area contributed by atoms with Gasteiger partial charge in [0.25, 0.3) is 0 Å². The van der Waals surface area contributed by atoms with Crippen molar-refractivity contribution in [2.24, 2.45) is 12.0 Å². The minimum absolute atomic E-state index is 0.0457. The first-order valence-electron chi connectivity index (χ1n) is 6.92. The van der Waals surface area contributed by atoms with Crippen LogP contribution < -0.4 is 10.6 Å². The zero-order valence-electron chi connectivity index (χ0n) is 13.1. The number of nitrogens with one attached hydrogen (secondary N) is 2. The Kier molecular flexibility index (Phi) is 6.67. The highest BCUT2D eigenvalue weighted by molar-refractivity contribution is 7.90. The Morgan fingerprint density at radius 1 is 1.52 bits per heavy atom. The van der Waals surface area contributed by atoms with Crippen molar-refractivity contribution in [2.75, 3.05) is 25.6 Å². The molecule has 1 aromatic rings. The van der Waals surface area contributed by atoms with Gasteiger partial charge >= 0.3 is 0 Å². The van der Waals surface area contributed by atoms with Crippen LogP contribution in [0.4, 0.5) is 0 Å². The number of aliphatic imine (C=N–C) groups is 1. The molecule has 1 heterocycles. The van der Waals surface area contributed by atoms with Crippen molar-refractivity contribution >= 4 is 15.8 Å². The molecular weight excluding hydrogens is 290 g/mol. The minimum atomic E-state index is -2.92. The number of guanidine groups is 1. The fourth-order valence-corrected chi connectivity index (χ4v) is 2.60. The highest BCUT2D eigenvalue weighted by Gasteiger charge is 2.09. The van der Waals surface area contributed by atoms with E-state index in [1.54, 1.807) is 11.7 Å². The van der Waals surface area contributed by atoms with Gasteiger partial charge in [-0.3, -0.25) is 9.67 Å². The molecule has 0 bridgehead atoms. The second kappa shape index (κ2) is 8.02. The standard InChI is InChI=1S/C13H25N5O2S/c1-11(6-8-21(4,19)20)17-13(14-2)15-7-5-12-9-16-18(3)10-12/h9-11H,5-8H2,1-4H3,(H2,14,15,17). The van der Waals surface area contributed by atoms with Crippen molar-refractivity contribution in [1.29, 1.82) is 0 Å². The van der Waals surface area contributed by atoms with E-state index in [9.17, 15) is 8.42 Å². The van der Waals surface area contributed by atoms with Crippen molar-refractivity contribution in [3.63, 3.8) is 0 Å². The summed E-state index contributed by atoms with van der Waals surface area (Å²) in [5.41, 5.74) is 1.16. The molecule has 1 unspecified atom stereocenters. The van der Waals surface area contributed by atoms with Gasteiger partial charge < -0.3 is 10.6 Å². The SMILES string of the molecule is CN=C(NCCc1cnn(C)c1)NC(C)CCS(C)(=O)=O. The third kappa shape index (κ3) is 7.69. The fourth-order valence-electron chi connectivity index (χ4n) is 1.82. The lowest BCUT2D eigenvalue weighted by Crippen LogP contribution is -2.43. The van der Waals surface area contributed by atoms with E-state index in [0.717, 1.165) is 18.5 Å². The predicted molar refractivity (Wildman–Crippen MR) is 85.2 cm³/mol. The summed E-state index contributed by atoms with van der Waals surface area (Å²) in [6.45, 7) is 2.68. The molecule has 0 saturated carbocycles. The van der Waals surface area contributed by atoms with Gasteiger partial charge in [-0.05, 0) is 25.3 Å². The molecule has 7 nitrogen and oxygen atoms in total. The van der Waals surface area contributed by atoms with Crippen molar-refractivity contribution in [1.82, 2.24) is 20.4 Å². The van der Waals surface area contributed by atoms with E-state index in [1.807, 2.05) is 26.4 Å². The van der Waals surface area contributed by atoms with Gasteiger partial charge in [-0.1, -0.05) is 0 Å². The Morgan fingerprint density at radius 3 is 2.76 bits per heavy atom. The minimum Gasteiger partial charge on any atom is -0.356 e. The van der Waals surface area contributed by atoms with Crippen molar-refractivity contribution in [2.45, 2.75) is 25.8 Å². The zero-order chi connectivity index (χ0) is 15.9. The highest BCUT2D eigenvalue weighted by Crippen LogP contribution is 1.97. The Morgan fingerprint density at radius 2 is 2.24 bits per heavy atom. The summed E-state index contributed by atoms with van der Waals surface area (Å²) >= 11 is 0. The first kappa shape index (κ1) is 17.5. The highest BCUT2D eigenvalue weighted by atomic mass is 32.2. The zero-order valence-corrected chi connectivity index (χ0v) is 13.9. The molecule has 120 valence electrons. The van der Waals surface area contributed by atoms with E-state index in [-0.39, 0.29) is 11.8 Å². The number of sulfone groups is 1. The molecule has 0 spiro atoms. The third-order valence-corrected chi connectivity index (χ3v) is 3.97. The summed E-state index contributed by atoms with van der Waals surface area (Å²) in [6.07, 6.45) is 6.48. The molecular formula is C13H25N5O2S. The maximum Gasteiger partial charge on any atom is 0.191 e. The van der Waals surface area contributed by atoms with Crippen LogP contribution in [0, 0.1) is 0 Å². The normalized spacial score (nSPS) is 14.0. The van der Waals surface area contributed by atoms with Crippen LogP contribution in [0.25, 0.3) is 0 Å². The number of aryl methyl sites for hydroxylation is 1. The summed E-state index contributed by atoms with van der Waals surface area (Å²) in [5, 5.41) is 10.5. The van der Waals surface area contributed by atoms with Crippen molar-refractivity contribution in [3.8, 4) is 0 Å². The van der Waals surface area contributed by atoms with Crippen molar-refractivity contribution < 1.29 is 8.42 Å². The van der Waals surface area contributed by atoms with E-state index < -0.39 is 9.84 Å². The molecule has 0 fully saturated rings. The number of hydrogen-bond acceptors (Lipinski definition) is 4. The van der Waals surface area contributed by atoms with Crippen LogP contribution in [0.2, 0.25) is 0 Å². The van der Waals surface area contributed by atoms with Gasteiger partial charge in [0.2, 0.25) is 0 Å². The van der Waals surface area contributed by atoms with Crippen LogP contribution in [-0.4, -0.2) is 55.8 Å². The van der Waals surface area contributed by atoms with Crippen LogP contribution in [-0.2, 0) is 23.3 Å². The molecule has 0 aliphatic heterocycles. The Hall–Kier alpha value is -1.57. The molecule has 0 radical (unpaired) electrons. The van der Waals surface area contributed by atoms with Gasteiger partial charge in [-0.25, -0.2) is 8.42 Å². The van der Waals surface area contributed by atoms with E-state index in [0.29, 0.717) is 12.4 Å². The summed E-state index contributed by atoms with van der Waals surface area (Å²) in [7, 11) is 0.665. The molecule has 2 N–H and O–H groups in total. The van der Waals surface area contributed by atoms with Crippen LogP contribution in [0.5, 0.6) is 0 Å². The summed E-state index contributed by atoms with van der Waals surface area (Å²) in [6, 6.07) is 0.0457. The molecule has 1 aromatic heterocycles. The second-order valence-electron chi connectivity index (χ2n) is 5.24. The van der Waals surface area contributed by atoms with E-state index in [2.05, 4.69) is 20.7 Å². The van der Waals surface area contributed by atoms with Crippen LogP contribution in [0.15, 0.2) is 17.4 Å². The Labute approximate surface area is 126 Å². The monoisotopic (exact) mass is 315 g/mol. The molecule has 8 heteroatoms. The van der Waals surface area contributed by atoms with E-state index in [4.69, 9.17) is 0 Å². The number of aromatic nitrogens is 2. The number of hydrogen-bond donors (Lipinski definition) is 2. The lowest BCUT2D eigenvalue weighted by atomic mass is 10.2. The van der Waals surface area contributed by atoms with Gasteiger partial charge in [0.15, 0.2) is 5.96 Å². The smallest absolute Gasteiger partial charge is 0.191 e. The molecule has 0 aliphatic rings. The summed E-state index contributed by atoms with van der Waals surface area (Å²) in [5.74, 6) is 0.855. The first-order chi connectivity index (χ1) is 9.80. The lowest BCUT2D eigenvalue weighted by molar-refractivity contribution is 0.581. The van der Waals surface area contributed by atoms with Crippen LogP contribution >= 0.6 is 0 Å². The second-order valence-corrected chi connectivity index (χ2v) is 7.49. The lowest BCUT2D eigenvalue weighted by Gasteiger charge is -2.17. The van der Waals surface area contributed by atoms with E-state index >= 15 is 0 Å². The Balaban J connectivity index is 2.31. The quantitative estimate of drug-likeness (QED) is 0.544. The summed E-state index contributed by atoms with van der Waals surface area (Å²) in [4.78, 5) is 4.13. The molecule has 0 amide bonds. The van der Waals surface area contributed by atoms with Gasteiger partial charge in [-0.15, -0.1) is 0 Å². The van der Waals surface area contributed by atoms with Crippen molar-refractivity contribution in [3.05, 3.63) is 18.0 Å². The van der Waals surface area contributed by atoms with Gasteiger partial charge in [0.05, 0.1) is 11.9 Å². The maximum absolute atomic E-state index is 11.1. The number of rotatable bonds is 7. The van der Waals surface area contributed by atoms with Gasteiger partial charge in [-0.2, -0.15) is 5.10 Å². The fraction of sp³-hybridized carbons (Fsp3) is 0.692. The molecule has 0 saturated heterocycles. The van der Waals surface area contributed by atoms with Crippen LogP contribution in [0.3, 0.4) is 0 Å². The molecule has 0 aliphatic carbocycles. The Bertz CT molecular complexity index is 565. The van der Waals surface area contributed by atoms with Crippen LogP contribution in [0.1, 0.15) is 18.9 Å². The molecule has 21 heavy (non-hydrogen) atoms. The first-order valence-corrected chi connectivity index (χ1v) is 8.98. The van der Waals surface area contributed by atoms with Gasteiger partial charge in [0.1, 0.15) is 9.84 Å². The third-order valence-electron chi connectivity index (χ3n) is 2.99. The summed E-state index contributed by atoms with van der Waals surface area (Å²) < 4.78 is 24.1. The predicted octanol–water partition coefficient (Wildman–Crippen LogP) is -0.0492. The molecule has 1 atom stereocenters. The number of nitrogens with zero attached hydrogens (tertiary/aromatic N) is 3. The molecule has 0 aromatic carbocycles.